The maximum Gasteiger partial charge on any atom is 0.315 e. The van der Waals surface area contributed by atoms with Crippen molar-refractivity contribution in [3.05, 3.63) is 35.9 Å². The van der Waals surface area contributed by atoms with E-state index in [-0.39, 0.29) is 18.2 Å². The highest BCUT2D eigenvalue weighted by molar-refractivity contribution is 5.74. The molecule has 2 amide bonds. The summed E-state index contributed by atoms with van der Waals surface area (Å²) in [4.78, 5) is 11.7. The number of hydrogen-bond donors (Lipinski definition) is 3. The number of ether oxygens (including phenoxy) is 1. The lowest BCUT2D eigenvalue weighted by Gasteiger charge is -2.17. The lowest BCUT2D eigenvalue weighted by Crippen LogP contribution is -2.45. The number of rotatable bonds is 5. The van der Waals surface area contributed by atoms with Crippen LogP contribution in [0.25, 0.3) is 0 Å². The molecule has 0 radical (unpaired) electrons. The number of aliphatic hydroxyl groups excluding tert-OH is 1. The molecule has 1 saturated heterocycles. The van der Waals surface area contributed by atoms with Gasteiger partial charge in [-0.1, -0.05) is 30.3 Å². The van der Waals surface area contributed by atoms with E-state index in [9.17, 15) is 9.90 Å². The summed E-state index contributed by atoms with van der Waals surface area (Å²) in [6.45, 7) is 3.08. The summed E-state index contributed by atoms with van der Waals surface area (Å²) in [6.07, 6.45) is 0.857. The van der Waals surface area contributed by atoms with Crippen molar-refractivity contribution < 1.29 is 14.6 Å². The highest BCUT2D eigenvalue weighted by Gasteiger charge is 2.25. The standard InChI is InChI=1S/C15H22N2O3/c1-11-13(8-10-20-11)17-15(19)16-9-7-14(18)12-5-3-2-4-6-12/h2-6,11,13-14,18H,7-10H2,1H3,(H2,16,17,19). The minimum Gasteiger partial charge on any atom is -0.388 e. The Morgan fingerprint density at radius 1 is 1.45 bits per heavy atom. The molecule has 0 saturated carbocycles. The van der Waals surface area contributed by atoms with Crippen molar-refractivity contribution in [3.63, 3.8) is 0 Å². The van der Waals surface area contributed by atoms with Crippen LogP contribution in [0.5, 0.6) is 0 Å². The van der Waals surface area contributed by atoms with Gasteiger partial charge < -0.3 is 20.5 Å². The molecule has 2 rings (SSSR count). The summed E-state index contributed by atoms with van der Waals surface area (Å²) in [7, 11) is 0. The van der Waals surface area contributed by atoms with Gasteiger partial charge in [0.15, 0.2) is 0 Å². The Bertz CT molecular complexity index is 424. The second kappa shape index (κ2) is 7.26. The van der Waals surface area contributed by atoms with Crippen molar-refractivity contribution in [3.8, 4) is 0 Å². The molecule has 0 aromatic heterocycles. The third-order valence-electron chi connectivity index (χ3n) is 3.58. The number of benzene rings is 1. The maximum absolute atomic E-state index is 11.7. The van der Waals surface area contributed by atoms with Gasteiger partial charge in [0.25, 0.3) is 0 Å². The third kappa shape index (κ3) is 4.21. The van der Waals surface area contributed by atoms with E-state index in [0.717, 1.165) is 12.0 Å². The van der Waals surface area contributed by atoms with Gasteiger partial charge in [-0.2, -0.15) is 0 Å². The van der Waals surface area contributed by atoms with Crippen LogP contribution in [-0.2, 0) is 4.74 Å². The van der Waals surface area contributed by atoms with E-state index in [2.05, 4.69) is 10.6 Å². The van der Waals surface area contributed by atoms with E-state index in [4.69, 9.17) is 4.74 Å². The molecule has 110 valence electrons. The molecule has 5 nitrogen and oxygen atoms in total. The van der Waals surface area contributed by atoms with Crippen LogP contribution in [-0.4, -0.2) is 36.4 Å². The fraction of sp³-hybridized carbons (Fsp3) is 0.533. The number of nitrogens with one attached hydrogen (secondary N) is 2. The van der Waals surface area contributed by atoms with Crippen molar-refractivity contribution in [1.29, 1.82) is 0 Å². The van der Waals surface area contributed by atoms with Crippen LogP contribution in [0, 0.1) is 0 Å². The molecule has 0 aliphatic carbocycles. The van der Waals surface area contributed by atoms with Gasteiger partial charge in [-0.25, -0.2) is 4.79 Å². The Balaban J connectivity index is 1.66. The topological polar surface area (TPSA) is 70.6 Å². The van der Waals surface area contributed by atoms with Crippen LogP contribution in [0.3, 0.4) is 0 Å². The zero-order valence-electron chi connectivity index (χ0n) is 11.7. The maximum atomic E-state index is 11.7. The molecular formula is C15H22N2O3. The number of amides is 2. The molecule has 5 heteroatoms. The molecule has 1 aliphatic heterocycles. The van der Waals surface area contributed by atoms with Gasteiger partial charge in [0.2, 0.25) is 0 Å². The van der Waals surface area contributed by atoms with Crippen molar-refractivity contribution in [2.24, 2.45) is 0 Å². The Kier molecular flexibility index (Phi) is 5.38. The van der Waals surface area contributed by atoms with Crippen molar-refractivity contribution >= 4 is 6.03 Å². The molecule has 3 atom stereocenters. The molecule has 1 heterocycles. The molecule has 3 unspecified atom stereocenters. The summed E-state index contributed by atoms with van der Waals surface area (Å²) in [6, 6.07) is 9.32. The first kappa shape index (κ1) is 14.8. The molecule has 3 N–H and O–H groups in total. The number of carbonyl (C=O) groups excluding carboxylic acids is 1. The molecule has 20 heavy (non-hydrogen) atoms. The SMILES string of the molecule is CC1OCCC1NC(=O)NCCC(O)c1ccccc1. The highest BCUT2D eigenvalue weighted by Crippen LogP contribution is 2.15. The molecule has 1 aromatic rings. The summed E-state index contributed by atoms with van der Waals surface area (Å²) in [5.41, 5.74) is 0.868. The fourth-order valence-corrected chi connectivity index (χ4v) is 2.30. The van der Waals surface area contributed by atoms with E-state index in [1.54, 1.807) is 0 Å². The number of urea groups is 1. The van der Waals surface area contributed by atoms with E-state index >= 15 is 0 Å². The Morgan fingerprint density at radius 3 is 2.85 bits per heavy atom. The second-order valence-electron chi connectivity index (χ2n) is 5.09. The van der Waals surface area contributed by atoms with Gasteiger partial charge in [-0.15, -0.1) is 0 Å². The summed E-state index contributed by atoms with van der Waals surface area (Å²) >= 11 is 0. The molecule has 1 aromatic carbocycles. The summed E-state index contributed by atoms with van der Waals surface area (Å²) in [5, 5.41) is 15.6. The Labute approximate surface area is 119 Å². The highest BCUT2D eigenvalue weighted by atomic mass is 16.5. The predicted molar refractivity (Wildman–Crippen MR) is 76.4 cm³/mol. The van der Waals surface area contributed by atoms with Crippen molar-refractivity contribution in [2.75, 3.05) is 13.2 Å². The van der Waals surface area contributed by atoms with Crippen LogP contribution in [0.2, 0.25) is 0 Å². The van der Waals surface area contributed by atoms with Gasteiger partial charge in [0.1, 0.15) is 0 Å². The van der Waals surface area contributed by atoms with Crippen molar-refractivity contribution in [1.82, 2.24) is 10.6 Å². The largest absolute Gasteiger partial charge is 0.388 e. The monoisotopic (exact) mass is 278 g/mol. The van der Waals surface area contributed by atoms with Gasteiger partial charge in [0, 0.05) is 13.2 Å². The normalized spacial score (nSPS) is 23.3. The van der Waals surface area contributed by atoms with Gasteiger partial charge in [-0.3, -0.25) is 0 Å². The Morgan fingerprint density at radius 2 is 2.20 bits per heavy atom. The molecule has 0 spiro atoms. The first-order valence-corrected chi connectivity index (χ1v) is 7.06. The van der Waals surface area contributed by atoms with Crippen LogP contribution in [0.1, 0.15) is 31.4 Å². The van der Waals surface area contributed by atoms with Crippen LogP contribution < -0.4 is 10.6 Å². The minimum absolute atomic E-state index is 0.0654. The first-order chi connectivity index (χ1) is 9.66. The van der Waals surface area contributed by atoms with E-state index in [0.29, 0.717) is 19.6 Å². The molecule has 1 fully saturated rings. The average Bonchev–Trinajstić information content (AvgIpc) is 2.85. The first-order valence-electron chi connectivity index (χ1n) is 7.06. The van der Waals surface area contributed by atoms with E-state index < -0.39 is 6.10 Å². The minimum atomic E-state index is -0.551. The molecule has 0 bridgehead atoms. The smallest absolute Gasteiger partial charge is 0.315 e. The average molecular weight is 278 g/mol. The molecular weight excluding hydrogens is 256 g/mol. The van der Waals surface area contributed by atoms with Crippen molar-refractivity contribution in [2.45, 2.75) is 38.0 Å². The second-order valence-corrected chi connectivity index (χ2v) is 5.09. The zero-order valence-corrected chi connectivity index (χ0v) is 11.7. The van der Waals surface area contributed by atoms with E-state index in [1.165, 1.54) is 0 Å². The lowest BCUT2D eigenvalue weighted by atomic mass is 10.1. The van der Waals surface area contributed by atoms with Crippen LogP contribution in [0.15, 0.2) is 30.3 Å². The van der Waals surface area contributed by atoms with Crippen LogP contribution >= 0.6 is 0 Å². The van der Waals surface area contributed by atoms with Gasteiger partial charge >= 0.3 is 6.03 Å². The number of aliphatic hydroxyl groups is 1. The molecule has 1 aliphatic rings. The fourth-order valence-electron chi connectivity index (χ4n) is 2.30. The van der Waals surface area contributed by atoms with E-state index in [1.807, 2.05) is 37.3 Å². The van der Waals surface area contributed by atoms with Gasteiger partial charge in [-0.05, 0) is 25.3 Å². The predicted octanol–water partition coefficient (Wildman–Crippen LogP) is 1.59. The number of carbonyl (C=O) groups is 1. The van der Waals surface area contributed by atoms with Gasteiger partial charge in [0.05, 0.1) is 18.2 Å². The zero-order chi connectivity index (χ0) is 14.4. The summed E-state index contributed by atoms with van der Waals surface area (Å²) < 4.78 is 5.38. The summed E-state index contributed by atoms with van der Waals surface area (Å²) in [5.74, 6) is 0. The third-order valence-corrected chi connectivity index (χ3v) is 3.58. The Hall–Kier alpha value is -1.59. The quantitative estimate of drug-likeness (QED) is 0.766. The lowest BCUT2D eigenvalue weighted by molar-refractivity contribution is 0.114. The van der Waals surface area contributed by atoms with Crippen LogP contribution in [0.4, 0.5) is 4.79 Å². The number of hydrogen-bond acceptors (Lipinski definition) is 3.